The monoisotopic (exact) mass is 270 g/mol. The first-order valence-corrected chi connectivity index (χ1v) is 8.71. The highest BCUT2D eigenvalue weighted by atomic mass is 14.8. The molecule has 2 heteroatoms. The molecule has 0 aromatic rings. The van der Waals surface area contributed by atoms with Crippen molar-refractivity contribution in [1.82, 2.24) is 0 Å². The summed E-state index contributed by atoms with van der Waals surface area (Å²) in [6, 6.07) is 0. The van der Waals surface area contributed by atoms with Gasteiger partial charge in [0, 0.05) is 0 Å². The zero-order valence-corrected chi connectivity index (χ0v) is 13.5. The van der Waals surface area contributed by atoms with Crippen LogP contribution in [0.4, 0.5) is 0 Å². The Labute approximate surface area is 121 Å². The fourth-order valence-electron chi connectivity index (χ4n) is 2.87. The van der Waals surface area contributed by atoms with Crippen LogP contribution in [0.1, 0.15) is 97.3 Å². The van der Waals surface area contributed by atoms with Gasteiger partial charge in [0.2, 0.25) is 0 Å². The van der Waals surface area contributed by atoms with Gasteiger partial charge in [-0.2, -0.15) is 0 Å². The highest BCUT2D eigenvalue weighted by molar-refractivity contribution is 4.61. The topological polar surface area (TPSA) is 52.0 Å². The fourth-order valence-corrected chi connectivity index (χ4v) is 2.87. The molecular formula is C17H38N2. The van der Waals surface area contributed by atoms with Crippen molar-refractivity contribution in [2.24, 2.45) is 17.4 Å². The second-order valence-electron chi connectivity index (χ2n) is 6.16. The molecule has 0 aliphatic rings. The van der Waals surface area contributed by atoms with Crippen molar-refractivity contribution in [3.63, 3.8) is 0 Å². The van der Waals surface area contributed by atoms with Crippen LogP contribution in [0, 0.1) is 5.92 Å². The molecule has 0 aromatic carbocycles. The van der Waals surface area contributed by atoms with E-state index in [1.807, 2.05) is 0 Å². The van der Waals surface area contributed by atoms with Gasteiger partial charge in [0.15, 0.2) is 0 Å². The Morgan fingerprint density at radius 3 is 1.63 bits per heavy atom. The van der Waals surface area contributed by atoms with E-state index in [1.165, 1.54) is 77.0 Å². The smallest absolute Gasteiger partial charge is 0.0520 e. The van der Waals surface area contributed by atoms with Gasteiger partial charge in [0.25, 0.3) is 0 Å². The van der Waals surface area contributed by atoms with E-state index in [2.05, 4.69) is 13.8 Å². The minimum absolute atomic E-state index is 0.106. The van der Waals surface area contributed by atoms with E-state index in [-0.39, 0.29) is 6.17 Å². The summed E-state index contributed by atoms with van der Waals surface area (Å²) in [7, 11) is 0. The molecule has 1 unspecified atom stereocenters. The maximum Gasteiger partial charge on any atom is 0.0520 e. The van der Waals surface area contributed by atoms with Gasteiger partial charge in [-0.15, -0.1) is 0 Å². The van der Waals surface area contributed by atoms with Crippen LogP contribution in [0.2, 0.25) is 0 Å². The first kappa shape index (κ1) is 18.9. The Morgan fingerprint density at radius 1 is 0.579 bits per heavy atom. The fraction of sp³-hybridized carbons (Fsp3) is 1.00. The van der Waals surface area contributed by atoms with E-state index < -0.39 is 0 Å². The Hall–Kier alpha value is -0.0800. The predicted molar refractivity (Wildman–Crippen MR) is 87.0 cm³/mol. The van der Waals surface area contributed by atoms with Crippen LogP contribution in [0.3, 0.4) is 0 Å². The van der Waals surface area contributed by atoms with Crippen molar-refractivity contribution < 1.29 is 0 Å². The van der Waals surface area contributed by atoms with E-state index in [4.69, 9.17) is 11.5 Å². The lowest BCUT2D eigenvalue weighted by molar-refractivity contribution is 0.377. The highest BCUT2D eigenvalue weighted by Crippen LogP contribution is 2.22. The third-order valence-electron chi connectivity index (χ3n) is 4.06. The molecule has 0 amide bonds. The molecule has 2 nitrogen and oxygen atoms in total. The summed E-state index contributed by atoms with van der Waals surface area (Å²) < 4.78 is 0. The summed E-state index contributed by atoms with van der Waals surface area (Å²) in [5.41, 5.74) is 11.1. The van der Waals surface area contributed by atoms with Crippen molar-refractivity contribution in [3.05, 3.63) is 0 Å². The van der Waals surface area contributed by atoms with Crippen molar-refractivity contribution in [3.8, 4) is 0 Å². The summed E-state index contributed by atoms with van der Waals surface area (Å²) in [5, 5.41) is 0. The second kappa shape index (κ2) is 14.3. The van der Waals surface area contributed by atoms with Crippen LogP contribution in [0.5, 0.6) is 0 Å². The average Bonchev–Trinajstić information content (AvgIpc) is 2.37. The average molecular weight is 271 g/mol. The molecule has 0 aromatic heterocycles. The Balaban J connectivity index is 3.50. The third-order valence-corrected chi connectivity index (χ3v) is 4.06. The molecule has 0 saturated heterocycles. The Morgan fingerprint density at radius 2 is 1.11 bits per heavy atom. The second-order valence-corrected chi connectivity index (χ2v) is 6.16. The van der Waals surface area contributed by atoms with Crippen molar-refractivity contribution in [1.29, 1.82) is 0 Å². The normalized spacial score (nSPS) is 13.1. The molecule has 0 rings (SSSR count). The molecule has 0 aliphatic carbocycles. The largest absolute Gasteiger partial charge is 0.316 e. The quantitative estimate of drug-likeness (QED) is 0.346. The van der Waals surface area contributed by atoms with E-state index in [1.54, 1.807) is 0 Å². The molecule has 19 heavy (non-hydrogen) atoms. The van der Waals surface area contributed by atoms with Crippen LogP contribution in [0.25, 0.3) is 0 Å². The molecule has 0 fully saturated rings. The van der Waals surface area contributed by atoms with Gasteiger partial charge in [0.1, 0.15) is 0 Å². The lowest BCUT2D eigenvalue weighted by Gasteiger charge is -2.16. The van der Waals surface area contributed by atoms with E-state index in [9.17, 15) is 0 Å². The van der Waals surface area contributed by atoms with Crippen LogP contribution < -0.4 is 11.5 Å². The summed E-state index contributed by atoms with van der Waals surface area (Å²) in [4.78, 5) is 0. The van der Waals surface area contributed by atoms with E-state index in [0.717, 1.165) is 12.3 Å². The molecule has 0 saturated carbocycles. The third kappa shape index (κ3) is 14.1. The lowest BCUT2D eigenvalue weighted by atomic mass is 9.91. The molecule has 4 N–H and O–H groups in total. The highest BCUT2D eigenvalue weighted by Gasteiger charge is 2.07. The Bertz CT molecular complexity index is 169. The van der Waals surface area contributed by atoms with Gasteiger partial charge in [-0.05, 0) is 12.3 Å². The zero-order valence-electron chi connectivity index (χ0n) is 13.5. The number of unbranched alkanes of at least 4 members (excludes halogenated alkanes) is 6. The summed E-state index contributed by atoms with van der Waals surface area (Å²) in [6.07, 6.45) is 17.5. The summed E-state index contributed by atoms with van der Waals surface area (Å²) >= 11 is 0. The molecule has 0 aliphatic heterocycles. The SMILES string of the molecule is CCCCCCCC(CCC)CCCCCC(N)N. The zero-order chi connectivity index (χ0) is 14.3. The van der Waals surface area contributed by atoms with Crippen molar-refractivity contribution in [2.45, 2.75) is 103 Å². The number of rotatable bonds is 14. The lowest BCUT2D eigenvalue weighted by Crippen LogP contribution is -2.29. The molecule has 1 atom stereocenters. The minimum Gasteiger partial charge on any atom is -0.316 e. The van der Waals surface area contributed by atoms with Crippen LogP contribution in [0.15, 0.2) is 0 Å². The van der Waals surface area contributed by atoms with Gasteiger partial charge >= 0.3 is 0 Å². The van der Waals surface area contributed by atoms with Crippen molar-refractivity contribution >= 4 is 0 Å². The van der Waals surface area contributed by atoms with E-state index >= 15 is 0 Å². The standard InChI is InChI=1S/C17H38N2/c1-3-5-6-7-9-13-16(12-4-2)14-10-8-11-15-17(18)19/h16-17H,3-15,18-19H2,1-2H3. The first-order chi connectivity index (χ1) is 9.20. The van der Waals surface area contributed by atoms with Crippen molar-refractivity contribution in [2.75, 3.05) is 0 Å². The molecule has 0 bridgehead atoms. The predicted octanol–water partition coefficient (Wildman–Crippen LogP) is 4.96. The molecule has 0 heterocycles. The van der Waals surface area contributed by atoms with Gasteiger partial charge in [0.05, 0.1) is 6.17 Å². The van der Waals surface area contributed by atoms with Gasteiger partial charge in [-0.1, -0.05) is 90.9 Å². The molecule has 0 spiro atoms. The number of nitrogens with two attached hydrogens (primary N) is 2. The summed E-state index contributed by atoms with van der Waals surface area (Å²) in [5.74, 6) is 0.971. The minimum atomic E-state index is -0.106. The maximum atomic E-state index is 5.57. The molecule has 116 valence electrons. The number of hydrogen-bond acceptors (Lipinski definition) is 2. The van der Waals surface area contributed by atoms with Crippen LogP contribution in [-0.4, -0.2) is 6.17 Å². The van der Waals surface area contributed by atoms with Crippen LogP contribution >= 0.6 is 0 Å². The number of hydrogen-bond donors (Lipinski definition) is 2. The molecular weight excluding hydrogens is 232 g/mol. The van der Waals surface area contributed by atoms with Gasteiger partial charge in [-0.3, -0.25) is 0 Å². The van der Waals surface area contributed by atoms with E-state index in [0.29, 0.717) is 0 Å². The Kier molecular flexibility index (Phi) is 14.3. The van der Waals surface area contributed by atoms with Gasteiger partial charge in [-0.25, -0.2) is 0 Å². The first-order valence-electron chi connectivity index (χ1n) is 8.71. The summed E-state index contributed by atoms with van der Waals surface area (Å²) in [6.45, 7) is 4.60. The maximum absolute atomic E-state index is 5.57. The van der Waals surface area contributed by atoms with Gasteiger partial charge < -0.3 is 11.5 Å². The molecule has 0 radical (unpaired) electrons. The van der Waals surface area contributed by atoms with Crippen LogP contribution in [-0.2, 0) is 0 Å².